The van der Waals surface area contributed by atoms with Crippen LogP contribution in [-0.2, 0) is 0 Å². The van der Waals surface area contributed by atoms with Crippen molar-refractivity contribution in [3.05, 3.63) is 14.9 Å². The van der Waals surface area contributed by atoms with Gasteiger partial charge in [0.1, 0.15) is 0 Å². The van der Waals surface area contributed by atoms with Gasteiger partial charge in [-0.05, 0) is 0 Å². The molecule has 0 unspecified atom stereocenters. The van der Waals surface area contributed by atoms with Gasteiger partial charge >= 0.3 is 51.4 Å². The smallest absolute Gasteiger partial charge is 0.358 e. The molecule has 0 aliphatic heterocycles. The van der Waals surface area contributed by atoms with Crippen molar-refractivity contribution in [2.24, 2.45) is 0 Å². The largest absolute Gasteiger partial charge is 1.00 e. The van der Waals surface area contributed by atoms with E-state index in [1.807, 2.05) is 0 Å². The van der Waals surface area contributed by atoms with Crippen molar-refractivity contribution in [2.45, 2.75) is 14.9 Å². The minimum absolute atomic E-state index is 0. The molecule has 0 aliphatic carbocycles. The van der Waals surface area contributed by atoms with Crippen molar-refractivity contribution in [3.63, 3.8) is 0 Å². The van der Waals surface area contributed by atoms with Gasteiger partial charge in [-0.1, -0.05) is 14.9 Å². The van der Waals surface area contributed by atoms with Gasteiger partial charge in [0, 0.05) is 0 Å². The molecule has 0 radical (unpaired) electrons. The van der Waals surface area contributed by atoms with E-state index in [-0.39, 0.29) is 81.1 Å². The van der Waals surface area contributed by atoms with E-state index in [4.69, 9.17) is 0 Å². The Bertz CT molecular complexity index is 3.61. The molecule has 0 spiro atoms. The first-order chi connectivity index (χ1) is 0. The summed E-state index contributed by atoms with van der Waals surface area (Å²) in [5.74, 6) is 0. The predicted octanol–water partition coefficient (Wildman–Crippen LogP) is -0.823. The fourth-order valence-electron chi connectivity index (χ4n) is 0. The monoisotopic (exact) mass is 101 g/mol. The minimum Gasteiger partial charge on any atom is -0.358 e. The van der Waals surface area contributed by atoms with Crippen LogP contribution in [0.25, 0.3) is 0 Å². The van der Waals surface area contributed by atoms with Crippen molar-refractivity contribution >= 4 is 0 Å². The molecule has 0 atom stereocenters. The fraction of sp³-hybridized carbons (Fsp3) is 0.500. The summed E-state index contributed by atoms with van der Waals surface area (Å²) in [6.07, 6.45) is 0. The van der Waals surface area contributed by atoms with Crippen molar-refractivity contribution in [2.75, 3.05) is 0 Å². The number of hydrogen-bond donors (Lipinski definition) is 0. The van der Waals surface area contributed by atoms with Gasteiger partial charge in [-0.2, -0.15) is 0 Å². The maximum absolute atomic E-state index is 0. The molecule has 0 nitrogen and oxygen atoms in total. The molecule has 0 rings (SSSR count). The third kappa shape index (κ3) is 27.8. The zero-order valence-corrected chi connectivity index (χ0v) is 6.12. The van der Waals surface area contributed by atoms with Crippen LogP contribution < -0.4 is 51.4 Å². The van der Waals surface area contributed by atoms with Crippen LogP contribution in [0.5, 0.6) is 0 Å². The summed E-state index contributed by atoms with van der Waals surface area (Å²) in [7, 11) is 0. The minimum atomic E-state index is 0. The zero-order chi connectivity index (χ0) is 0. The summed E-state index contributed by atoms with van der Waals surface area (Å²) in [4.78, 5) is 0. The fourth-order valence-corrected chi connectivity index (χ4v) is 0. The molecule has 0 N–H and O–H groups in total. The van der Waals surface area contributed by atoms with E-state index in [1.54, 1.807) is 0 Å². The zero-order valence-electron chi connectivity index (χ0n) is 3.00. The average molecular weight is 101 g/mol. The molecule has 5 heavy (non-hydrogen) atoms. The molecular weight excluding hydrogens is 87.1 g/mol. The number of rotatable bonds is 0. The van der Waals surface area contributed by atoms with Gasteiger partial charge in [-0.25, -0.2) is 0 Å². The van der Waals surface area contributed by atoms with Gasteiger partial charge in [0.25, 0.3) is 0 Å². The summed E-state index contributed by atoms with van der Waals surface area (Å²) in [5, 5.41) is 0. The van der Waals surface area contributed by atoms with Crippen LogP contribution in [0.2, 0.25) is 0 Å². The van der Waals surface area contributed by atoms with Crippen molar-refractivity contribution in [3.8, 4) is 0 Å². The molecule has 0 aliphatic rings. The Hall–Kier alpha value is 1.64. The molecule has 32 valence electrons. The Morgan fingerprint density at radius 1 is 0.600 bits per heavy atom. The van der Waals surface area contributed by atoms with Gasteiger partial charge in [-0.3, -0.25) is 0 Å². The van der Waals surface area contributed by atoms with E-state index >= 15 is 0 Å². The third-order valence-corrected chi connectivity index (χ3v) is 0. The van der Waals surface area contributed by atoms with Gasteiger partial charge in [-0.15, -0.1) is 0 Å². The van der Waals surface area contributed by atoms with E-state index in [1.165, 1.54) is 0 Å². The Morgan fingerprint density at radius 3 is 0.600 bits per heavy atom. The van der Waals surface area contributed by atoms with Crippen LogP contribution in [0.1, 0.15) is 14.9 Å². The first-order valence-electron chi connectivity index (χ1n) is 0. The third-order valence-electron chi connectivity index (χ3n) is 0. The van der Waals surface area contributed by atoms with E-state index in [0.29, 0.717) is 0 Å². The summed E-state index contributed by atoms with van der Waals surface area (Å²) in [6, 6.07) is 0. The summed E-state index contributed by atoms with van der Waals surface area (Å²) in [5.41, 5.74) is 0. The molecule has 0 bridgehead atoms. The second-order valence-electron chi connectivity index (χ2n) is 0. The Kier molecular flexibility index (Phi) is 713. The first kappa shape index (κ1) is 78.7. The molecule has 0 heterocycles. The molecule has 0 aromatic heterocycles. The van der Waals surface area contributed by atoms with Crippen LogP contribution in [0.15, 0.2) is 0 Å². The quantitative estimate of drug-likeness (QED) is 0.276. The molecule has 1 heteroatoms. The summed E-state index contributed by atoms with van der Waals surface area (Å²) in [6.45, 7) is 0. The Balaban J connectivity index is 0. The Morgan fingerprint density at radius 2 is 0.600 bits per heavy atom. The van der Waals surface area contributed by atoms with Gasteiger partial charge in [0.2, 0.25) is 0 Å². The van der Waals surface area contributed by atoms with Crippen molar-refractivity contribution in [1.29, 1.82) is 0 Å². The van der Waals surface area contributed by atoms with Gasteiger partial charge < -0.3 is 14.9 Å². The summed E-state index contributed by atoms with van der Waals surface area (Å²) >= 11 is 0. The predicted molar refractivity (Wildman–Crippen MR) is 26.3 cm³/mol. The molecule has 0 aromatic carbocycles. The van der Waals surface area contributed by atoms with Crippen molar-refractivity contribution in [1.82, 2.24) is 0 Å². The molecule has 0 saturated heterocycles. The standard InChI is InChI=1S/2CH4.2CH3.K/h2*1H4;2*1H3;/q;;2*-1;+1. The SMILES string of the molecule is C.C.[CH3-].[CH3-].[K+]. The topological polar surface area (TPSA) is 0 Å². The van der Waals surface area contributed by atoms with Crippen LogP contribution >= 0.6 is 0 Å². The molecule has 0 aromatic rings. The number of hydrogen-bond acceptors (Lipinski definition) is 0. The van der Waals surface area contributed by atoms with Crippen LogP contribution in [0.4, 0.5) is 0 Å². The van der Waals surface area contributed by atoms with Crippen LogP contribution in [0.3, 0.4) is 0 Å². The average Bonchev–Trinajstić information content (AvgIpc) is 0. The summed E-state index contributed by atoms with van der Waals surface area (Å²) < 4.78 is 0. The molecular formula is C4H14K-. The second kappa shape index (κ2) is 45.2. The Labute approximate surface area is 79.8 Å². The molecule has 0 saturated carbocycles. The van der Waals surface area contributed by atoms with E-state index in [2.05, 4.69) is 0 Å². The maximum atomic E-state index is 0. The molecule has 0 amide bonds. The first-order valence-corrected chi connectivity index (χ1v) is 0. The van der Waals surface area contributed by atoms with E-state index < -0.39 is 0 Å². The maximum Gasteiger partial charge on any atom is 1.00 e. The van der Waals surface area contributed by atoms with E-state index in [9.17, 15) is 0 Å². The van der Waals surface area contributed by atoms with Crippen molar-refractivity contribution < 1.29 is 51.4 Å². The van der Waals surface area contributed by atoms with Gasteiger partial charge in [0.05, 0.1) is 0 Å². The van der Waals surface area contributed by atoms with Gasteiger partial charge in [0.15, 0.2) is 0 Å². The van der Waals surface area contributed by atoms with E-state index in [0.717, 1.165) is 0 Å². The molecule has 0 fully saturated rings. The van der Waals surface area contributed by atoms with Crippen LogP contribution in [0, 0.1) is 14.9 Å². The normalized spacial score (nSPS) is 0. The second-order valence-corrected chi connectivity index (χ2v) is 0. The van der Waals surface area contributed by atoms with Crippen LogP contribution in [-0.4, -0.2) is 0 Å².